The zero-order valence-corrected chi connectivity index (χ0v) is 15.3. The Hall–Kier alpha value is -1.77. The summed E-state index contributed by atoms with van der Waals surface area (Å²) in [7, 11) is 1.48. The Morgan fingerprint density at radius 3 is 1.81 bits per heavy atom. The van der Waals surface area contributed by atoms with Crippen LogP contribution < -0.4 is 4.74 Å². The van der Waals surface area contributed by atoms with Crippen LogP contribution in [0.1, 0.15) is 0 Å². The Balaban J connectivity index is 0.000000298. The second-order valence-corrected chi connectivity index (χ2v) is 10.5. The van der Waals surface area contributed by atoms with E-state index in [0.717, 1.165) is 0 Å². The number of fused-ring (bicyclic) bond motifs is 3. The molecule has 0 unspecified atom stereocenters. The Labute approximate surface area is 142 Å². The molecule has 1 heterocycles. The summed E-state index contributed by atoms with van der Waals surface area (Å²) in [4.78, 5) is 0. The molecule has 0 radical (unpaired) electrons. The summed E-state index contributed by atoms with van der Waals surface area (Å²) >= 11 is -11.2. The molecule has 0 bridgehead atoms. The zero-order valence-electron chi connectivity index (χ0n) is 12.7. The van der Waals surface area contributed by atoms with Crippen molar-refractivity contribution < 1.29 is 38.8 Å². The van der Waals surface area contributed by atoms with Crippen LogP contribution in [0.15, 0.2) is 46.5 Å². The molecule has 2 aromatic carbocycles. The van der Waals surface area contributed by atoms with Crippen molar-refractivity contribution in [3.05, 3.63) is 42.5 Å². The predicted molar refractivity (Wildman–Crippen MR) is 78.6 cm³/mol. The first-order chi connectivity index (χ1) is 11.5. The van der Waals surface area contributed by atoms with Crippen molar-refractivity contribution in [3.8, 4) is 5.75 Å². The Bertz CT molecular complexity index is 945. The van der Waals surface area contributed by atoms with E-state index in [1.807, 2.05) is 0 Å². The molecule has 3 aromatic rings. The summed E-state index contributed by atoms with van der Waals surface area (Å²) in [5, 5.41) is 1.02. The molecule has 0 fully saturated rings. The van der Waals surface area contributed by atoms with Crippen molar-refractivity contribution in [1.82, 2.24) is 0 Å². The minimum atomic E-state index is -11.2. The van der Waals surface area contributed by atoms with Crippen LogP contribution >= 0.6 is 0 Å². The fourth-order valence-electron chi connectivity index (χ4n) is 2.26. The second-order valence-electron chi connectivity index (χ2n) is 5.07. The number of benzene rings is 2. The van der Waals surface area contributed by atoms with Crippen LogP contribution in [-0.2, 0) is 6.36 Å². The van der Waals surface area contributed by atoms with E-state index in [9.17, 15) is 30.0 Å². The van der Waals surface area contributed by atoms with Gasteiger partial charge in [0.1, 0.15) is 5.75 Å². The Morgan fingerprint density at radius 1 is 0.808 bits per heavy atom. The van der Waals surface area contributed by atoms with Gasteiger partial charge < -0.3 is 8.78 Å². The summed E-state index contributed by atoms with van der Waals surface area (Å²) in [5.74, 6) is 0.526. The fraction of sp³-hybridized carbons (Fsp3) is 0.143. The summed E-state index contributed by atoms with van der Waals surface area (Å²) in [6, 6.07) is 10.9. The van der Waals surface area contributed by atoms with E-state index in [2.05, 4.69) is 0 Å². The summed E-state index contributed by atoms with van der Waals surface area (Å²) in [6.07, 6.45) is -4.53. The van der Waals surface area contributed by atoms with E-state index in [0.29, 0.717) is 16.5 Å². The summed E-state index contributed by atoms with van der Waals surface area (Å²) in [6.45, 7) is 0. The number of rotatable bonds is 1. The van der Waals surface area contributed by atoms with Crippen LogP contribution in [0.2, 0.25) is 0 Å². The van der Waals surface area contributed by atoms with Gasteiger partial charge >= 0.3 is 42.7 Å². The number of methoxy groups -OCH3 is 1. The molecule has 1 aromatic heterocycles. The van der Waals surface area contributed by atoms with Crippen molar-refractivity contribution in [2.75, 3.05) is 7.11 Å². The topological polar surface area (TPSA) is 11.9 Å². The van der Waals surface area contributed by atoms with E-state index in [4.69, 9.17) is 4.74 Å². The molecule has 3 rings (SSSR count). The average Bonchev–Trinajstić information content (AvgIpc) is 2.77. The van der Waals surface area contributed by atoms with Gasteiger partial charge in [0.25, 0.3) is 11.2 Å². The van der Waals surface area contributed by atoms with Gasteiger partial charge in [-0.1, -0.05) is 25.3 Å². The van der Waals surface area contributed by atoms with Gasteiger partial charge in [0.05, 0.1) is 17.9 Å². The van der Waals surface area contributed by atoms with E-state index in [-0.39, 0.29) is 11.2 Å². The summed E-state index contributed by atoms with van der Waals surface area (Å²) < 4.78 is 105. The number of hydrogen-bond donors (Lipinski definition) is 0. The first-order valence-electron chi connectivity index (χ1n) is 6.62. The van der Waals surface area contributed by atoms with Gasteiger partial charge in [-0.25, -0.2) is 0 Å². The predicted octanol–water partition coefficient (Wildman–Crippen LogP) is 6.90. The molecule has 0 spiro atoms. The molecular formula is C14H10F9O2Sb. The van der Waals surface area contributed by atoms with Crippen molar-refractivity contribution in [3.63, 3.8) is 0 Å². The molecular weight excluding hydrogens is 493 g/mol. The van der Waals surface area contributed by atoms with Crippen LogP contribution in [-0.4, -0.2) is 26.6 Å². The number of furan rings is 1. The van der Waals surface area contributed by atoms with Gasteiger partial charge in [0, 0.05) is 12.1 Å². The van der Waals surface area contributed by atoms with Crippen LogP contribution in [0.5, 0.6) is 5.75 Å². The Morgan fingerprint density at radius 2 is 1.31 bits per heavy atom. The first kappa shape index (κ1) is 20.5. The quantitative estimate of drug-likeness (QED) is 0.200. The van der Waals surface area contributed by atoms with Gasteiger partial charge in [0.15, 0.2) is 0 Å². The number of alkyl halides is 3. The molecule has 146 valence electrons. The van der Waals surface area contributed by atoms with Crippen LogP contribution in [0.3, 0.4) is 0 Å². The van der Waals surface area contributed by atoms with Gasteiger partial charge in [-0.15, -0.1) is 0 Å². The van der Waals surface area contributed by atoms with E-state index in [1.165, 1.54) is 29.4 Å². The molecule has 2 nitrogen and oxygen atoms in total. The van der Waals surface area contributed by atoms with Crippen LogP contribution in [0.4, 0.5) is 30.0 Å². The van der Waals surface area contributed by atoms with Gasteiger partial charge in [-0.2, -0.15) is 0 Å². The number of halogens is 9. The molecule has 0 saturated carbocycles. The molecule has 0 saturated heterocycles. The molecule has 0 aliphatic heterocycles. The fourth-order valence-corrected chi connectivity index (χ4v) is 2.26. The first-order valence-corrected chi connectivity index (χ1v) is 12.4. The molecule has 0 atom stereocenters. The molecule has 0 aliphatic carbocycles. The third-order valence-electron chi connectivity index (χ3n) is 3.04. The number of hydrogen-bond acceptors (Lipinski definition) is 1. The van der Waals surface area contributed by atoms with E-state index < -0.39 is 25.8 Å². The van der Waals surface area contributed by atoms with Crippen molar-refractivity contribution in [1.29, 1.82) is 0 Å². The average molecular weight is 503 g/mol. The SMILES string of the molecule is COc1ccc2c(c1)c1ccccc1[o+]2C(F)(F)F.[F][Sb-]([F])([F])([F])([F])[F]. The third kappa shape index (κ3) is 5.62. The van der Waals surface area contributed by atoms with E-state index >= 15 is 0 Å². The Kier molecular flexibility index (Phi) is 4.43. The maximum atomic E-state index is 13.2. The molecule has 0 N–H and O–H groups in total. The molecule has 0 aliphatic rings. The monoisotopic (exact) mass is 502 g/mol. The number of para-hydroxylation sites is 1. The minimum absolute atomic E-state index is 0.0505. The molecule has 12 heteroatoms. The third-order valence-corrected chi connectivity index (χ3v) is 3.04. The maximum absolute atomic E-state index is 13.2. The van der Waals surface area contributed by atoms with E-state index in [1.54, 1.807) is 24.3 Å². The van der Waals surface area contributed by atoms with Gasteiger partial charge in [-0.05, 0) is 18.2 Å². The van der Waals surface area contributed by atoms with Crippen molar-refractivity contribution >= 4 is 41.4 Å². The molecule has 26 heavy (non-hydrogen) atoms. The standard InChI is InChI=1S/C14H10F3O2.6FH.Sb/c1-18-9-6-7-13-11(8-9)10-4-2-3-5-12(10)19(13)14(15,16)17;;;;;;;/h2-8H,1H3;6*1H;/q+1;;;;;;;+5/p-6. The van der Waals surface area contributed by atoms with Gasteiger partial charge in [-0.3, -0.25) is 0 Å². The van der Waals surface area contributed by atoms with Gasteiger partial charge in [0.2, 0.25) is 0 Å². The van der Waals surface area contributed by atoms with Crippen molar-refractivity contribution in [2.24, 2.45) is 0 Å². The van der Waals surface area contributed by atoms with Crippen LogP contribution in [0.25, 0.3) is 21.9 Å². The normalized spacial score (nSPS) is 15.2. The molecule has 0 amide bonds. The second kappa shape index (κ2) is 5.61. The van der Waals surface area contributed by atoms with Crippen LogP contribution in [0, 0.1) is 0 Å². The number of ether oxygens (including phenoxy) is 1. The zero-order chi connectivity index (χ0) is 20.0. The summed E-state index contributed by atoms with van der Waals surface area (Å²) in [5.41, 5.74) is 0.118. The van der Waals surface area contributed by atoms with Crippen molar-refractivity contribution in [2.45, 2.75) is 6.36 Å².